The molecule has 0 bridgehead atoms. The molecular formula is C30H28F2N10O7S. The lowest BCUT2D eigenvalue weighted by Gasteiger charge is -2.45. The molecule has 17 nitrogen and oxygen atoms in total. The molecule has 6 rings (SSSR count). The van der Waals surface area contributed by atoms with Crippen LogP contribution in [0.3, 0.4) is 0 Å². The van der Waals surface area contributed by atoms with Crippen LogP contribution in [0.5, 0.6) is 0 Å². The number of carboxylic acid groups (broad SMARTS) is 1. The Labute approximate surface area is 282 Å². The number of benzene rings is 1. The van der Waals surface area contributed by atoms with Crippen LogP contribution >= 0.6 is 0 Å². The first kappa shape index (κ1) is 34.0. The molecular weight excluding hydrogens is 682 g/mol. The van der Waals surface area contributed by atoms with Crippen LogP contribution in [0.4, 0.5) is 25.0 Å². The van der Waals surface area contributed by atoms with Gasteiger partial charge in [0.1, 0.15) is 30.3 Å². The molecule has 3 aromatic heterocycles. The van der Waals surface area contributed by atoms with Crippen LogP contribution in [0, 0.1) is 17.6 Å². The molecule has 4 aromatic rings. The van der Waals surface area contributed by atoms with Crippen LogP contribution in [-0.4, -0.2) is 99.2 Å². The van der Waals surface area contributed by atoms with Crippen molar-refractivity contribution in [1.82, 2.24) is 40.3 Å². The van der Waals surface area contributed by atoms with Crippen LogP contribution in [0.1, 0.15) is 22.5 Å². The molecule has 0 spiro atoms. The van der Waals surface area contributed by atoms with E-state index in [0.717, 1.165) is 11.0 Å². The van der Waals surface area contributed by atoms with Crippen molar-refractivity contribution in [2.24, 2.45) is 5.92 Å². The standard InChI is InChI=1S/C30H28F2N10O7S/c1-40-25-13-33-7-6-19(25)28(44)42(30(40)47)18-3-2-16(35-12-18)8-24(29(45)46)38-27(43)20-9-22(32)23(10-21(20)31)39-50(48,49)26-5-4-17(11-36-26)41-15-34-14-37-41/h2-5,9-12,14-15,19,24-25,33,39H,6-8,13H2,1H3,(H,38,43)(H,45,46)/t19?,24-,25?/m0/s1. The Morgan fingerprint density at radius 2 is 1.84 bits per heavy atom. The number of aromatic nitrogens is 5. The predicted molar refractivity (Wildman–Crippen MR) is 169 cm³/mol. The highest BCUT2D eigenvalue weighted by molar-refractivity contribution is 7.92. The number of nitrogens with one attached hydrogen (secondary N) is 3. The minimum absolute atomic E-state index is 0.144. The zero-order valence-corrected chi connectivity index (χ0v) is 26.8. The van der Waals surface area contributed by atoms with Gasteiger partial charge in [0, 0.05) is 31.8 Å². The van der Waals surface area contributed by atoms with Crippen molar-refractivity contribution in [3.05, 3.63) is 84.3 Å². The summed E-state index contributed by atoms with van der Waals surface area (Å²) >= 11 is 0. The second kappa shape index (κ2) is 13.6. The van der Waals surface area contributed by atoms with Gasteiger partial charge in [-0.3, -0.25) is 19.3 Å². The van der Waals surface area contributed by atoms with Crippen molar-refractivity contribution in [1.29, 1.82) is 0 Å². The van der Waals surface area contributed by atoms with E-state index in [9.17, 15) is 37.1 Å². The highest BCUT2D eigenvalue weighted by atomic mass is 32.2. The van der Waals surface area contributed by atoms with E-state index in [-0.39, 0.29) is 23.3 Å². The van der Waals surface area contributed by atoms with Crippen LogP contribution in [0.15, 0.2) is 66.5 Å². The van der Waals surface area contributed by atoms with Crippen molar-refractivity contribution >= 4 is 45.2 Å². The van der Waals surface area contributed by atoms with E-state index in [0.29, 0.717) is 37.3 Å². The third-order valence-electron chi connectivity index (χ3n) is 8.29. The highest BCUT2D eigenvalue weighted by Gasteiger charge is 2.46. The van der Waals surface area contributed by atoms with Gasteiger partial charge >= 0.3 is 12.0 Å². The molecule has 4 N–H and O–H groups in total. The Morgan fingerprint density at radius 3 is 2.50 bits per heavy atom. The van der Waals surface area contributed by atoms with Crippen LogP contribution in [-0.2, 0) is 26.0 Å². The average Bonchev–Trinajstić information content (AvgIpc) is 3.64. The van der Waals surface area contributed by atoms with Gasteiger partial charge in [-0.25, -0.2) is 37.9 Å². The number of pyridine rings is 2. The number of carbonyl (C=O) groups excluding carboxylic acids is 3. The number of hydrogen-bond donors (Lipinski definition) is 4. The van der Waals surface area contributed by atoms with Crippen molar-refractivity contribution in [2.45, 2.75) is 30.0 Å². The fraction of sp³-hybridized carbons (Fsp3) is 0.267. The van der Waals surface area contributed by atoms with Gasteiger partial charge in [-0.2, -0.15) is 13.5 Å². The lowest BCUT2D eigenvalue weighted by molar-refractivity contribution is -0.139. The normalized spacial score (nSPS) is 18.4. The monoisotopic (exact) mass is 710 g/mol. The molecule has 2 saturated heterocycles. The predicted octanol–water partition coefficient (Wildman–Crippen LogP) is 0.939. The van der Waals surface area contributed by atoms with E-state index < -0.39 is 74.2 Å². The van der Waals surface area contributed by atoms with Gasteiger partial charge < -0.3 is 20.6 Å². The van der Waals surface area contributed by atoms with Gasteiger partial charge in [-0.05, 0) is 43.3 Å². The minimum atomic E-state index is -4.50. The van der Waals surface area contributed by atoms with E-state index in [4.69, 9.17) is 0 Å². The Hall–Kier alpha value is -5.89. The number of rotatable bonds is 10. The summed E-state index contributed by atoms with van der Waals surface area (Å²) in [7, 11) is -2.90. The number of halogens is 2. The SMILES string of the molecule is CN1C(=O)N(c2ccc(C[C@H](NC(=O)c3cc(F)c(NS(=O)(=O)c4ccc(-n5cncn5)cn4)cc3F)C(=O)O)nc2)C(=O)C2CCNCC21. The molecule has 1 aromatic carbocycles. The smallest absolute Gasteiger partial charge is 0.331 e. The number of urea groups is 1. The van der Waals surface area contributed by atoms with Gasteiger partial charge in [0.15, 0.2) is 5.03 Å². The van der Waals surface area contributed by atoms with E-state index in [1.165, 1.54) is 52.8 Å². The number of hydrogen-bond acceptors (Lipinski definition) is 11. The molecule has 2 unspecified atom stereocenters. The summed E-state index contributed by atoms with van der Waals surface area (Å²) in [5.74, 6) is -6.25. The Morgan fingerprint density at radius 1 is 1.08 bits per heavy atom. The lowest BCUT2D eigenvalue weighted by atomic mass is 9.88. The molecule has 0 radical (unpaired) electrons. The van der Waals surface area contributed by atoms with E-state index in [2.05, 4.69) is 30.7 Å². The van der Waals surface area contributed by atoms with Gasteiger partial charge in [0.05, 0.1) is 47.0 Å². The molecule has 2 fully saturated rings. The van der Waals surface area contributed by atoms with Gasteiger partial charge in [-0.15, -0.1) is 0 Å². The fourth-order valence-corrected chi connectivity index (χ4v) is 6.64. The molecule has 4 amide bonds. The summed E-state index contributed by atoms with van der Waals surface area (Å²) in [4.78, 5) is 65.4. The second-order valence-electron chi connectivity index (χ2n) is 11.4. The van der Waals surface area contributed by atoms with Crippen molar-refractivity contribution in [3.63, 3.8) is 0 Å². The summed E-state index contributed by atoms with van der Waals surface area (Å²) in [5, 5.41) is 18.4. The largest absolute Gasteiger partial charge is 0.480 e. The first-order chi connectivity index (χ1) is 23.8. The van der Waals surface area contributed by atoms with Crippen LogP contribution < -0.4 is 20.3 Å². The van der Waals surface area contributed by atoms with Crippen molar-refractivity contribution in [3.8, 4) is 5.69 Å². The molecule has 260 valence electrons. The number of carboxylic acids is 1. The molecule has 3 atom stereocenters. The summed E-state index contributed by atoms with van der Waals surface area (Å²) in [6, 6.07) is 3.66. The van der Waals surface area contributed by atoms with Gasteiger partial charge in [0.2, 0.25) is 5.91 Å². The van der Waals surface area contributed by atoms with E-state index >= 15 is 4.39 Å². The van der Waals surface area contributed by atoms with Crippen LogP contribution in [0.2, 0.25) is 0 Å². The number of imide groups is 1. The number of amides is 4. The highest BCUT2D eigenvalue weighted by Crippen LogP contribution is 2.30. The first-order valence-electron chi connectivity index (χ1n) is 15.0. The number of piperidine rings is 1. The zero-order chi connectivity index (χ0) is 35.7. The Bertz CT molecular complexity index is 2070. The Kier molecular flexibility index (Phi) is 9.21. The topological polar surface area (TPSA) is 222 Å². The Balaban J connectivity index is 1.12. The number of aliphatic carboxylic acids is 1. The summed E-state index contributed by atoms with van der Waals surface area (Å²) in [6.07, 6.45) is 5.18. The van der Waals surface area contributed by atoms with Gasteiger partial charge in [-0.1, -0.05) is 0 Å². The number of sulfonamides is 1. The summed E-state index contributed by atoms with van der Waals surface area (Å²) < 4.78 is 58.8. The molecule has 0 saturated carbocycles. The van der Waals surface area contributed by atoms with Gasteiger partial charge in [0.25, 0.3) is 15.9 Å². The quantitative estimate of drug-likeness (QED) is 0.181. The fourth-order valence-electron chi connectivity index (χ4n) is 5.65. The molecule has 2 aliphatic heterocycles. The van der Waals surface area contributed by atoms with Crippen molar-refractivity contribution < 1.29 is 41.5 Å². The lowest BCUT2D eigenvalue weighted by Crippen LogP contribution is -2.65. The first-order valence-corrected chi connectivity index (χ1v) is 16.5. The number of anilines is 2. The van der Waals surface area contributed by atoms with Crippen LogP contribution in [0.25, 0.3) is 5.69 Å². The summed E-state index contributed by atoms with van der Waals surface area (Å²) in [6.45, 7) is 1.12. The number of nitrogens with zero attached hydrogens (tertiary/aromatic N) is 7. The maximum atomic E-state index is 15.0. The minimum Gasteiger partial charge on any atom is -0.480 e. The maximum absolute atomic E-state index is 15.0. The van der Waals surface area contributed by atoms with E-state index in [1.807, 2.05) is 4.72 Å². The van der Waals surface area contributed by atoms with E-state index in [1.54, 1.807) is 7.05 Å². The zero-order valence-electron chi connectivity index (χ0n) is 26.0. The molecule has 5 heterocycles. The molecule has 50 heavy (non-hydrogen) atoms. The third kappa shape index (κ3) is 6.69. The molecule has 0 aliphatic carbocycles. The number of likely N-dealkylation sites (N-methyl/N-ethyl adjacent to an activating group) is 1. The number of carbonyl (C=O) groups is 4. The summed E-state index contributed by atoms with van der Waals surface area (Å²) in [5.41, 5.74) is -1.01. The molecule has 20 heteroatoms. The second-order valence-corrected chi connectivity index (χ2v) is 13.1. The average molecular weight is 711 g/mol. The number of fused-ring (bicyclic) bond motifs is 1. The third-order valence-corrected chi connectivity index (χ3v) is 9.57. The molecule has 2 aliphatic rings. The van der Waals surface area contributed by atoms with Crippen molar-refractivity contribution in [2.75, 3.05) is 29.8 Å². The maximum Gasteiger partial charge on any atom is 0.331 e.